The second-order valence-electron chi connectivity index (χ2n) is 7.57. The van der Waals surface area contributed by atoms with Crippen LogP contribution in [-0.4, -0.2) is 54.0 Å². The van der Waals surface area contributed by atoms with Crippen molar-refractivity contribution < 1.29 is 28.6 Å². The predicted molar refractivity (Wildman–Crippen MR) is 122 cm³/mol. The molecule has 1 fully saturated rings. The highest BCUT2D eigenvalue weighted by Crippen LogP contribution is 2.38. The molecule has 1 heterocycles. The van der Waals surface area contributed by atoms with Crippen LogP contribution < -0.4 is 15.0 Å². The van der Waals surface area contributed by atoms with Crippen LogP contribution in [0.4, 0.5) is 0 Å². The van der Waals surface area contributed by atoms with E-state index in [2.05, 4.69) is 15.4 Å². The zero-order chi connectivity index (χ0) is 23.8. The number of thioether (sulfide) groups is 1. The lowest BCUT2D eigenvalue weighted by Gasteiger charge is -2.36. The van der Waals surface area contributed by atoms with Gasteiger partial charge in [-0.2, -0.15) is 0 Å². The molecule has 1 aromatic carbocycles. The number of esters is 1. The normalized spacial score (nSPS) is 20.1. The maximum atomic E-state index is 12.5. The molecule has 3 atom stereocenters. The van der Waals surface area contributed by atoms with Gasteiger partial charge < -0.3 is 19.0 Å². The molecule has 1 aliphatic carbocycles. The molecule has 0 aliphatic heterocycles. The predicted octanol–water partition coefficient (Wildman–Crippen LogP) is 3.54. The van der Waals surface area contributed by atoms with Crippen LogP contribution >= 0.6 is 11.8 Å². The maximum Gasteiger partial charge on any atom is 0.359 e. The summed E-state index contributed by atoms with van der Waals surface area (Å²) in [6.45, 7) is 3.81. The van der Waals surface area contributed by atoms with Gasteiger partial charge in [0.05, 0.1) is 25.3 Å². The van der Waals surface area contributed by atoms with E-state index in [-0.39, 0.29) is 29.6 Å². The van der Waals surface area contributed by atoms with Crippen LogP contribution in [0.25, 0.3) is 0 Å². The number of rotatable bonds is 9. The van der Waals surface area contributed by atoms with Gasteiger partial charge >= 0.3 is 11.9 Å². The number of methoxy groups -OCH3 is 1. The Labute approximate surface area is 197 Å². The summed E-state index contributed by atoms with van der Waals surface area (Å²) in [5.74, 6) is 0.311. The van der Waals surface area contributed by atoms with Crippen LogP contribution in [0.3, 0.4) is 0 Å². The first kappa shape index (κ1) is 24.8. The molecule has 0 spiro atoms. The molecular formula is C23H29N3O6S. The summed E-state index contributed by atoms with van der Waals surface area (Å²) in [7, 11) is 1.59. The van der Waals surface area contributed by atoms with E-state index in [0.717, 1.165) is 5.56 Å². The molecule has 1 saturated carbocycles. The number of ether oxygens (including phenoxy) is 3. The number of benzene rings is 1. The minimum absolute atomic E-state index is 0.0869. The summed E-state index contributed by atoms with van der Waals surface area (Å²) in [6, 6.07) is 5.54. The Hall–Kier alpha value is -2.85. The van der Waals surface area contributed by atoms with Gasteiger partial charge in [-0.05, 0) is 50.1 Å². The smallest absolute Gasteiger partial charge is 0.359 e. The quantitative estimate of drug-likeness (QED) is 0.250. The first-order valence-electron chi connectivity index (χ1n) is 10.8. The fourth-order valence-corrected chi connectivity index (χ4v) is 4.21. The van der Waals surface area contributed by atoms with Gasteiger partial charge in [-0.25, -0.2) is 14.8 Å². The third kappa shape index (κ3) is 6.58. The highest BCUT2D eigenvalue weighted by atomic mass is 32.2. The van der Waals surface area contributed by atoms with Gasteiger partial charge in [0.15, 0.2) is 16.7 Å². The van der Waals surface area contributed by atoms with Crippen molar-refractivity contribution in [3.05, 3.63) is 41.7 Å². The standard InChI is InChI=1S/C23H29N3O6S/c1-5-30-21-10-15(6-9-20(21)29-3)18-11-17(31-14(2)27)7-8-19(18)26-32-22(28)16-12-24-23(33-4)25-13-16/h6,9-10,12-13,17-19,26H,5,7-8,11H2,1-4H3/t17-,18-,19-/m1/s1. The van der Waals surface area contributed by atoms with Crippen molar-refractivity contribution in [3.63, 3.8) is 0 Å². The first-order chi connectivity index (χ1) is 15.9. The lowest BCUT2D eigenvalue weighted by atomic mass is 9.79. The summed E-state index contributed by atoms with van der Waals surface area (Å²) < 4.78 is 16.6. The monoisotopic (exact) mass is 475 g/mol. The van der Waals surface area contributed by atoms with Gasteiger partial charge in [0, 0.05) is 25.2 Å². The fraction of sp³-hybridized carbons (Fsp3) is 0.478. The van der Waals surface area contributed by atoms with Crippen LogP contribution in [0.5, 0.6) is 11.5 Å². The van der Waals surface area contributed by atoms with Crippen molar-refractivity contribution in [1.82, 2.24) is 15.4 Å². The van der Waals surface area contributed by atoms with Gasteiger partial charge in [0.2, 0.25) is 0 Å². The average molecular weight is 476 g/mol. The summed E-state index contributed by atoms with van der Waals surface area (Å²) in [5, 5.41) is 0.577. The molecule has 0 unspecified atom stereocenters. The number of aromatic nitrogens is 2. The molecule has 33 heavy (non-hydrogen) atoms. The summed E-state index contributed by atoms with van der Waals surface area (Å²) in [6.07, 6.45) is 6.41. The number of nitrogens with one attached hydrogen (secondary N) is 1. The fourth-order valence-electron chi connectivity index (χ4n) is 3.89. The van der Waals surface area contributed by atoms with E-state index in [1.54, 1.807) is 7.11 Å². The Morgan fingerprint density at radius 1 is 1.18 bits per heavy atom. The summed E-state index contributed by atoms with van der Waals surface area (Å²) in [4.78, 5) is 37.6. The first-order valence-corrected chi connectivity index (χ1v) is 12.0. The van der Waals surface area contributed by atoms with Gasteiger partial charge in [0.1, 0.15) is 6.10 Å². The third-order valence-electron chi connectivity index (χ3n) is 5.40. The van der Waals surface area contributed by atoms with Crippen molar-refractivity contribution in [3.8, 4) is 11.5 Å². The van der Waals surface area contributed by atoms with Crippen LogP contribution in [0, 0.1) is 0 Å². The Bertz CT molecular complexity index is 956. The Morgan fingerprint density at radius 3 is 2.58 bits per heavy atom. The molecule has 0 saturated heterocycles. The molecule has 10 heteroatoms. The van der Waals surface area contributed by atoms with Crippen LogP contribution in [0.1, 0.15) is 54.9 Å². The van der Waals surface area contributed by atoms with Crippen LogP contribution in [-0.2, 0) is 14.4 Å². The number of carbonyl (C=O) groups excluding carboxylic acids is 2. The Morgan fingerprint density at radius 2 is 1.94 bits per heavy atom. The summed E-state index contributed by atoms with van der Waals surface area (Å²) >= 11 is 1.39. The van der Waals surface area contributed by atoms with Gasteiger partial charge in [-0.1, -0.05) is 17.8 Å². The van der Waals surface area contributed by atoms with Crippen molar-refractivity contribution >= 4 is 23.7 Å². The highest BCUT2D eigenvalue weighted by molar-refractivity contribution is 7.98. The van der Waals surface area contributed by atoms with Crippen molar-refractivity contribution in [2.24, 2.45) is 0 Å². The molecule has 2 aromatic rings. The molecule has 178 valence electrons. The van der Waals surface area contributed by atoms with E-state index in [1.165, 1.54) is 31.1 Å². The van der Waals surface area contributed by atoms with Gasteiger partial charge in [-0.15, -0.1) is 5.48 Å². The molecule has 1 N–H and O–H groups in total. The van der Waals surface area contributed by atoms with Crippen molar-refractivity contribution in [1.29, 1.82) is 0 Å². The molecule has 1 aromatic heterocycles. The average Bonchev–Trinajstić information content (AvgIpc) is 2.83. The van der Waals surface area contributed by atoms with E-state index < -0.39 is 5.97 Å². The zero-order valence-corrected chi connectivity index (χ0v) is 20.0. The lowest BCUT2D eigenvalue weighted by molar-refractivity contribution is -0.148. The van der Waals surface area contributed by atoms with Crippen LogP contribution in [0.2, 0.25) is 0 Å². The van der Waals surface area contributed by atoms with Crippen LogP contribution in [0.15, 0.2) is 35.7 Å². The minimum Gasteiger partial charge on any atom is -0.493 e. The Balaban J connectivity index is 1.77. The molecule has 0 amide bonds. The SMILES string of the molecule is CCOc1cc([C@H]2C[C@H](OC(C)=O)CC[C@H]2NOC(=O)c2cnc(SC)nc2)ccc1OC. The number of carbonyl (C=O) groups is 2. The van der Waals surface area contributed by atoms with E-state index in [1.807, 2.05) is 31.4 Å². The maximum absolute atomic E-state index is 12.5. The molecule has 3 rings (SSSR count). The number of nitrogens with zero attached hydrogens (tertiary/aromatic N) is 2. The number of hydrogen-bond acceptors (Lipinski definition) is 10. The molecule has 0 radical (unpaired) electrons. The lowest BCUT2D eigenvalue weighted by Crippen LogP contribution is -2.42. The third-order valence-corrected chi connectivity index (χ3v) is 5.98. The second-order valence-corrected chi connectivity index (χ2v) is 8.34. The molecular weight excluding hydrogens is 446 g/mol. The van der Waals surface area contributed by atoms with Gasteiger partial charge in [-0.3, -0.25) is 4.79 Å². The second kappa shape index (κ2) is 11.9. The zero-order valence-electron chi connectivity index (χ0n) is 19.2. The molecule has 1 aliphatic rings. The van der Waals surface area contributed by atoms with Crippen molar-refractivity contribution in [2.45, 2.75) is 56.3 Å². The van der Waals surface area contributed by atoms with Gasteiger partial charge in [0.25, 0.3) is 0 Å². The topological polar surface area (TPSA) is 109 Å². The number of hydroxylamine groups is 1. The van der Waals surface area contributed by atoms with E-state index in [9.17, 15) is 9.59 Å². The number of hydrogen-bond donors (Lipinski definition) is 1. The summed E-state index contributed by atoms with van der Waals surface area (Å²) in [5.41, 5.74) is 4.16. The molecule has 0 bridgehead atoms. The largest absolute Gasteiger partial charge is 0.493 e. The highest BCUT2D eigenvalue weighted by Gasteiger charge is 2.34. The van der Waals surface area contributed by atoms with Crippen molar-refractivity contribution in [2.75, 3.05) is 20.0 Å². The van der Waals surface area contributed by atoms with E-state index in [0.29, 0.717) is 42.5 Å². The Kier molecular flexibility index (Phi) is 8.90. The van der Waals surface area contributed by atoms with E-state index in [4.69, 9.17) is 19.0 Å². The van der Waals surface area contributed by atoms with E-state index >= 15 is 0 Å². The minimum atomic E-state index is -0.562. The molecule has 9 nitrogen and oxygen atoms in total.